The summed E-state index contributed by atoms with van der Waals surface area (Å²) < 4.78 is 0. The quantitative estimate of drug-likeness (QED) is 0.183. The van der Waals surface area contributed by atoms with Gasteiger partial charge >= 0.3 is 0 Å². The van der Waals surface area contributed by atoms with Crippen LogP contribution in [0.25, 0.3) is 0 Å². The van der Waals surface area contributed by atoms with Crippen LogP contribution in [0.1, 0.15) is 90.4 Å². The normalized spacial score (nSPS) is 11.4. The summed E-state index contributed by atoms with van der Waals surface area (Å²) in [7, 11) is 0. The second kappa shape index (κ2) is 17.2. The summed E-state index contributed by atoms with van der Waals surface area (Å²) >= 11 is 3.48. The maximum Gasteiger partial charge on any atom is 0.00313 e. The predicted molar refractivity (Wildman–Crippen MR) is 88.6 cm³/mol. The van der Waals surface area contributed by atoms with Gasteiger partial charge < -0.3 is 0 Å². The van der Waals surface area contributed by atoms with Crippen LogP contribution in [0, 0.1) is 0 Å². The Kier molecular flexibility index (Phi) is 17.4. The van der Waals surface area contributed by atoms with Gasteiger partial charge in [-0.25, -0.2) is 0 Å². The summed E-state index contributed by atoms with van der Waals surface area (Å²) in [5.41, 5.74) is 0. The molecule has 0 saturated heterocycles. The first-order chi connectivity index (χ1) is 8.91. The van der Waals surface area contributed by atoms with Gasteiger partial charge in [-0.2, -0.15) is 0 Å². The summed E-state index contributed by atoms with van der Waals surface area (Å²) in [6.07, 6.45) is 22.8. The number of hydrogen-bond donors (Lipinski definition) is 0. The Labute approximate surface area is 124 Å². The number of rotatable bonds is 14. The van der Waals surface area contributed by atoms with E-state index in [-0.39, 0.29) is 0 Å². The van der Waals surface area contributed by atoms with Gasteiger partial charge in [0.2, 0.25) is 0 Å². The minimum Gasteiger partial charge on any atom is -0.0928 e. The average molecular weight is 317 g/mol. The Morgan fingerprint density at radius 2 is 1.06 bits per heavy atom. The maximum absolute atomic E-state index is 3.48. The molecule has 0 unspecified atom stereocenters. The molecule has 0 radical (unpaired) electrons. The molecule has 0 N–H and O–H groups in total. The highest BCUT2D eigenvalue weighted by molar-refractivity contribution is 9.09. The van der Waals surface area contributed by atoms with Crippen LogP contribution in [0.15, 0.2) is 12.2 Å². The molecule has 0 rings (SSSR count). The van der Waals surface area contributed by atoms with E-state index in [1.807, 2.05) is 0 Å². The van der Waals surface area contributed by atoms with E-state index < -0.39 is 0 Å². The molecular formula is C17H33Br. The van der Waals surface area contributed by atoms with Gasteiger partial charge in [0.15, 0.2) is 0 Å². The molecule has 0 fully saturated rings. The van der Waals surface area contributed by atoms with Crippen LogP contribution in [0.4, 0.5) is 0 Å². The van der Waals surface area contributed by atoms with Gasteiger partial charge in [0.1, 0.15) is 0 Å². The smallest absolute Gasteiger partial charge is 0.00313 e. The van der Waals surface area contributed by atoms with E-state index in [0.717, 1.165) is 0 Å². The number of alkyl halides is 1. The molecule has 0 aromatic heterocycles. The van der Waals surface area contributed by atoms with Crippen molar-refractivity contribution in [3.8, 4) is 0 Å². The van der Waals surface area contributed by atoms with Gasteiger partial charge in [0.25, 0.3) is 0 Å². The van der Waals surface area contributed by atoms with Crippen LogP contribution >= 0.6 is 15.9 Å². The van der Waals surface area contributed by atoms with Crippen molar-refractivity contribution in [1.29, 1.82) is 0 Å². The lowest BCUT2D eigenvalue weighted by Gasteiger charge is -1.99. The van der Waals surface area contributed by atoms with Gasteiger partial charge in [-0.1, -0.05) is 86.4 Å². The molecule has 0 aliphatic heterocycles. The van der Waals surface area contributed by atoms with Crippen molar-refractivity contribution in [3.63, 3.8) is 0 Å². The molecule has 0 aromatic rings. The van der Waals surface area contributed by atoms with Crippen molar-refractivity contribution in [2.75, 3.05) is 5.33 Å². The Balaban J connectivity index is 3.00. The van der Waals surface area contributed by atoms with E-state index in [4.69, 9.17) is 0 Å². The van der Waals surface area contributed by atoms with Gasteiger partial charge in [-0.15, -0.1) is 0 Å². The minimum absolute atomic E-state index is 1.17. The Bertz CT molecular complexity index is 163. The molecule has 1 heteroatoms. The van der Waals surface area contributed by atoms with Crippen LogP contribution in [0.5, 0.6) is 0 Å². The van der Waals surface area contributed by atoms with Crippen molar-refractivity contribution in [2.24, 2.45) is 0 Å². The summed E-state index contributed by atoms with van der Waals surface area (Å²) in [6.45, 7) is 2.28. The first-order valence-electron chi connectivity index (χ1n) is 8.12. The van der Waals surface area contributed by atoms with Crippen molar-refractivity contribution < 1.29 is 0 Å². The summed E-state index contributed by atoms with van der Waals surface area (Å²) in [6, 6.07) is 0. The maximum atomic E-state index is 3.48. The fourth-order valence-corrected chi connectivity index (χ4v) is 2.56. The molecule has 0 heterocycles. The predicted octanol–water partition coefficient (Wildman–Crippen LogP) is 7.03. The number of halogens is 1. The highest BCUT2D eigenvalue weighted by Crippen LogP contribution is 2.09. The molecular weight excluding hydrogens is 284 g/mol. The summed E-state index contributed by atoms with van der Waals surface area (Å²) in [5, 5.41) is 1.17. The summed E-state index contributed by atoms with van der Waals surface area (Å²) in [4.78, 5) is 0. The van der Waals surface area contributed by atoms with Crippen LogP contribution in [0.3, 0.4) is 0 Å². The molecule has 0 atom stereocenters. The van der Waals surface area contributed by atoms with Crippen LogP contribution in [-0.4, -0.2) is 5.33 Å². The SMILES string of the molecule is CCCCCCCC=CCCCCCCCCBr. The lowest BCUT2D eigenvalue weighted by Crippen LogP contribution is -1.80. The molecule has 0 aliphatic rings. The lowest BCUT2D eigenvalue weighted by atomic mass is 10.1. The average Bonchev–Trinajstić information content (AvgIpc) is 2.39. The third kappa shape index (κ3) is 16.2. The topological polar surface area (TPSA) is 0 Å². The molecule has 18 heavy (non-hydrogen) atoms. The monoisotopic (exact) mass is 316 g/mol. The van der Waals surface area contributed by atoms with Gasteiger partial charge in [-0.05, 0) is 32.1 Å². The third-order valence-corrected chi connectivity index (χ3v) is 3.96. The second-order valence-corrected chi connectivity index (χ2v) is 6.07. The molecule has 0 aromatic carbocycles. The number of hydrogen-bond acceptors (Lipinski definition) is 0. The Hall–Kier alpha value is 0.220. The summed E-state index contributed by atoms with van der Waals surface area (Å²) in [5.74, 6) is 0. The Morgan fingerprint density at radius 3 is 1.56 bits per heavy atom. The van der Waals surface area contributed by atoms with E-state index in [2.05, 4.69) is 35.0 Å². The van der Waals surface area contributed by atoms with Crippen molar-refractivity contribution >= 4 is 15.9 Å². The first kappa shape index (κ1) is 18.2. The minimum atomic E-state index is 1.17. The fourth-order valence-electron chi connectivity index (χ4n) is 2.17. The highest BCUT2D eigenvalue weighted by Gasteiger charge is 1.90. The van der Waals surface area contributed by atoms with Crippen molar-refractivity contribution in [1.82, 2.24) is 0 Å². The third-order valence-electron chi connectivity index (χ3n) is 3.40. The van der Waals surface area contributed by atoms with Crippen molar-refractivity contribution in [3.05, 3.63) is 12.2 Å². The second-order valence-electron chi connectivity index (χ2n) is 5.27. The zero-order chi connectivity index (χ0) is 13.3. The first-order valence-corrected chi connectivity index (χ1v) is 9.25. The zero-order valence-electron chi connectivity index (χ0n) is 12.4. The standard InChI is InChI=1S/C17H33Br/c1-2-3-4-5-6-7-8-9-10-11-12-13-14-15-16-17-18/h8-9H,2-7,10-17H2,1H3. The van der Waals surface area contributed by atoms with E-state index in [0.29, 0.717) is 0 Å². The molecule has 0 aliphatic carbocycles. The molecule has 0 amide bonds. The largest absolute Gasteiger partial charge is 0.0928 e. The van der Waals surface area contributed by atoms with Crippen molar-refractivity contribution in [2.45, 2.75) is 90.4 Å². The Morgan fingerprint density at radius 1 is 0.611 bits per heavy atom. The van der Waals surface area contributed by atoms with Gasteiger partial charge in [-0.3, -0.25) is 0 Å². The van der Waals surface area contributed by atoms with E-state index in [9.17, 15) is 0 Å². The lowest BCUT2D eigenvalue weighted by molar-refractivity contribution is 0.612. The molecule has 108 valence electrons. The highest BCUT2D eigenvalue weighted by atomic mass is 79.9. The molecule has 0 saturated carbocycles. The zero-order valence-corrected chi connectivity index (χ0v) is 14.0. The van der Waals surface area contributed by atoms with Crippen LogP contribution in [0.2, 0.25) is 0 Å². The van der Waals surface area contributed by atoms with E-state index in [1.165, 1.54) is 88.8 Å². The van der Waals surface area contributed by atoms with Gasteiger partial charge in [0, 0.05) is 5.33 Å². The van der Waals surface area contributed by atoms with E-state index >= 15 is 0 Å². The fraction of sp³-hybridized carbons (Fsp3) is 0.882. The molecule has 0 spiro atoms. The number of unbranched alkanes of at least 4 members (excludes halogenated alkanes) is 11. The van der Waals surface area contributed by atoms with Crippen LogP contribution < -0.4 is 0 Å². The molecule has 0 bridgehead atoms. The van der Waals surface area contributed by atoms with E-state index in [1.54, 1.807) is 0 Å². The van der Waals surface area contributed by atoms with Gasteiger partial charge in [0.05, 0.1) is 0 Å². The molecule has 0 nitrogen and oxygen atoms in total. The number of allylic oxidation sites excluding steroid dienone is 2. The van der Waals surface area contributed by atoms with Crippen LogP contribution in [-0.2, 0) is 0 Å².